The van der Waals surface area contributed by atoms with Gasteiger partial charge in [-0.3, -0.25) is 4.79 Å². The van der Waals surface area contributed by atoms with Crippen LogP contribution in [0.3, 0.4) is 0 Å². The zero-order valence-corrected chi connectivity index (χ0v) is 12.7. The van der Waals surface area contributed by atoms with Crippen molar-refractivity contribution in [2.24, 2.45) is 0 Å². The Morgan fingerprint density at radius 3 is 3.04 bits per heavy atom. The Balaban J connectivity index is 1.81. The Hall–Kier alpha value is -2.32. The summed E-state index contributed by atoms with van der Waals surface area (Å²) in [5.74, 6) is -1.19. The Morgan fingerprint density at radius 2 is 2.35 bits per heavy atom. The van der Waals surface area contributed by atoms with Crippen LogP contribution in [0.25, 0.3) is 11.3 Å². The van der Waals surface area contributed by atoms with Crippen LogP contribution in [-0.4, -0.2) is 45.7 Å². The summed E-state index contributed by atoms with van der Waals surface area (Å²) in [4.78, 5) is 11.0. The number of aromatic nitrogens is 3. The smallest absolute Gasteiger partial charge is 0.320 e. The molecule has 0 unspecified atom stereocenters. The van der Waals surface area contributed by atoms with Crippen LogP contribution in [0.5, 0.6) is 0 Å². The molecule has 0 saturated carbocycles. The Labute approximate surface area is 132 Å². The van der Waals surface area contributed by atoms with Crippen molar-refractivity contribution in [2.75, 3.05) is 13.6 Å². The SMILES string of the molecule is CNCc1cc(F)cc(-c2cn([C@@H]3CN[C@H](C(=O)O)C3)nn2)c1. The third-order valence-electron chi connectivity index (χ3n) is 3.92. The van der Waals surface area contributed by atoms with Gasteiger partial charge in [-0.15, -0.1) is 5.10 Å². The number of rotatable bonds is 5. The van der Waals surface area contributed by atoms with Gasteiger partial charge in [0.05, 0.1) is 12.2 Å². The van der Waals surface area contributed by atoms with E-state index in [0.717, 1.165) is 5.56 Å². The summed E-state index contributed by atoms with van der Waals surface area (Å²) in [6, 6.07) is 4.12. The Morgan fingerprint density at radius 1 is 1.52 bits per heavy atom. The van der Waals surface area contributed by atoms with Crippen molar-refractivity contribution in [3.8, 4) is 11.3 Å². The Kier molecular flexibility index (Phi) is 4.35. The molecule has 1 saturated heterocycles. The van der Waals surface area contributed by atoms with Gasteiger partial charge in [-0.2, -0.15) is 0 Å². The van der Waals surface area contributed by atoms with Gasteiger partial charge in [-0.05, 0) is 37.2 Å². The molecule has 2 heterocycles. The number of carboxylic acid groups (broad SMARTS) is 1. The average Bonchev–Trinajstić information content (AvgIpc) is 3.16. The summed E-state index contributed by atoms with van der Waals surface area (Å²) in [6.07, 6.45) is 2.18. The van der Waals surface area contributed by atoms with Gasteiger partial charge in [0.25, 0.3) is 0 Å². The molecule has 3 rings (SSSR count). The second-order valence-electron chi connectivity index (χ2n) is 5.65. The van der Waals surface area contributed by atoms with Crippen molar-refractivity contribution >= 4 is 5.97 Å². The van der Waals surface area contributed by atoms with E-state index in [4.69, 9.17) is 5.11 Å². The van der Waals surface area contributed by atoms with Crippen LogP contribution in [0.15, 0.2) is 24.4 Å². The molecule has 0 aliphatic carbocycles. The number of carbonyl (C=O) groups is 1. The molecule has 1 fully saturated rings. The fourth-order valence-electron chi connectivity index (χ4n) is 2.80. The second-order valence-corrected chi connectivity index (χ2v) is 5.65. The largest absolute Gasteiger partial charge is 0.480 e. The van der Waals surface area contributed by atoms with Gasteiger partial charge in [0.15, 0.2) is 0 Å². The lowest BCUT2D eigenvalue weighted by molar-refractivity contribution is -0.139. The maximum absolute atomic E-state index is 13.7. The standard InChI is InChI=1S/C15H18FN5O2/c1-17-6-9-2-10(4-11(16)3-9)14-8-21(20-19-14)12-5-13(15(22)23)18-7-12/h2-4,8,12-13,17-18H,5-7H2,1H3,(H,22,23)/t12-,13-/m0/s1. The predicted molar refractivity (Wildman–Crippen MR) is 81.3 cm³/mol. The molecule has 0 bridgehead atoms. The molecular weight excluding hydrogens is 301 g/mol. The van der Waals surface area contributed by atoms with Crippen LogP contribution >= 0.6 is 0 Å². The molecule has 8 heteroatoms. The van der Waals surface area contributed by atoms with E-state index in [-0.39, 0.29) is 11.9 Å². The minimum Gasteiger partial charge on any atom is -0.480 e. The number of hydrogen-bond acceptors (Lipinski definition) is 5. The van der Waals surface area contributed by atoms with E-state index in [1.807, 2.05) is 6.07 Å². The van der Waals surface area contributed by atoms with Gasteiger partial charge >= 0.3 is 5.97 Å². The maximum atomic E-state index is 13.7. The lowest BCUT2D eigenvalue weighted by atomic mass is 10.1. The van der Waals surface area contributed by atoms with Gasteiger partial charge in [0.2, 0.25) is 0 Å². The van der Waals surface area contributed by atoms with E-state index in [2.05, 4.69) is 20.9 Å². The molecular formula is C15H18FN5O2. The first kappa shape index (κ1) is 15.6. The minimum atomic E-state index is -0.866. The van der Waals surface area contributed by atoms with E-state index < -0.39 is 12.0 Å². The van der Waals surface area contributed by atoms with E-state index >= 15 is 0 Å². The summed E-state index contributed by atoms with van der Waals surface area (Å²) in [6.45, 7) is 1.08. The molecule has 2 aromatic rings. The van der Waals surface area contributed by atoms with Gasteiger partial charge < -0.3 is 15.7 Å². The molecule has 1 aliphatic rings. The van der Waals surface area contributed by atoms with E-state index in [1.165, 1.54) is 12.1 Å². The predicted octanol–water partition coefficient (Wildman–Crippen LogP) is 0.791. The molecule has 0 radical (unpaired) electrons. The molecule has 1 aliphatic heterocycles. The first-order valence-electron chi connectivity index (χ1n) is 7.39. The van der Waals surface area contributed by atoms with Crippen molar-refractivity contribution < 1.29 is 14.3 Å². The number of nitrogens with one attached hydrogen (secondary N) is 2. The van der Waals surface area contributed by atoms with Gasteiger partial charge in [0.1, 0.15) is 17.6 Å². The summed E-state index contributed by atoms with van der Waals surface area (Å²) in [7, 11) is 1.80. The summed E-state index contributed by atoms with van der Waals surface area (Å²) in [5.41, 5.74) is 2.05. The van der Waals surface area contributed by atoms with Crippen molar-refractivity contribution in [1.82, 2.24) is 25.6 Å². The molecule has 3 N–H and O–H groups in total. The molecule has 1 aromatic carbocycles. The molecule has 1 aromatic heterocycles. The van der Waals surface area contributed by atoms with E-state index in [1.54, 1.807) is 17.9 Å². The first-order chi connectivity index (χ1) is 11.1. The highest BCUT2D eigenvalue weighted by molar-refractivity contribution is 5.73. The Bertz CT molecular complexity index is 718. The van der Waals surface area contributed by atoms with Crippen molar-refractivity contribution in [2.45, 2.75) is 25.0 Å². The van der Waals surface area contributed by atoms with Gasteiger partial charge in [-0.25, -0.2) is 9.07 Å². The molecule has 2 atom stereocenters. The third-order valence-corrected chi connectivity index (χ3v) is 3.92. The second kappa shape index (κ2) is 6.43. The van der Waals surface area contributed by atoms with Crippen LogP contribution in [0.2, 0.25) is 0 Å². The summed E-state index contributed by atoms with van der Waals surface area (Å²) >= 11 is 0. The van der Waals surface area contributed by atoms with Crippen molar-refractivity contribution in [1.29, 1.82) is 0 Å². The van der Waals surface area contributed by atoms with Crippen LogP contribution in [0, 0.1) is 5.82 Å². The summed E-state index contributed by atoms with van der Waals surface area (Å²) in [5, 5.41) is 23.1. The highest BCUT2D eigenvalue weighted by atomic mass is 19.1. The van der Waals surface area contributed by atoms with Gasteiger partial charge in [-0.1, -0.05) is 5.21 Å². The fourth-order valence-corrected chi connectivity index (χ4v) is 2.80. The first-order valence-corrected chi connectivity index (χ1v) is 7.39. The highest BCUT2D eigenvalue weighted by Crippen LogP contribution is 2.24. The number of carboxylic acids is 1. The van der Waals surface area contributed by atoms with Crippen LogP contribution in [0.4, 0.5) is 4.39 Å². The number of nitrogens with zero attached hydrogens (tertiary/aromatic N) is 3. The van der Waals surface area contributed by atoms with Crippen LogP contribution in [0.1, 0.15) is 18.0 Å². The minimum absolute atomic E-state index is 0.0670. The number of benzene rings is 1. The molecule has 0 spiro atoms. The van der Waals surface area contributed by atoms with Crippen LogP contribution in [-0.2, 0) is 11.3 Å². The highest BCUT2D eigenvalue weighted by Gasteiger charge is 2.30. The van der Waals surface area contributed by atoms with E-state index in [0.29, 0.717) is 30.8 Å². The van der Waals surface area contributed by atoms with Gasteiger partial charge in [0, 0.05) is 18.7 Å². The monoisotopic (exact) mass is 319 g/mol. The van der Waals surface area contributed by atoms with Crippen molar-refractivity contribution in [3.63, 3.8) is 0 Å². The van der Waals surface area contributed by atoms with Crippen molar-refractivity contribution in [3.05, 3.63) is 35.8 Å². The third kappa shape index (κ3) is 3.38. The summed E-state index contributed by atoms with van der Waals surface area (Å²) < 4.78 is 15.4. The fraction of sp³-hybridized carbons (Fsp3) is 0.400. The topological polar surface area (TPSA) is 92.1 Å². The number of aliphatic carboxylic acids is 1. The molecule has 122 valence electrons. The molecule has 23 heavy (non-hydrogen) atoms. The number of hydrogen-bond donors (Lipinski definition) is 3. The normalized spacial score (nSPS) is 20.8. The lowest BCUT2D eigenvalue weighted by Crippen LogP contribution is -2.29. The maximum Gasteiger partial charge on any atom is 0.320 e. The zero-order chi connectivity index (χ0) is 16.4. The quantitative estimate of drug-likeness (QED) is 0.755. The molecule has 0 amide bonds. The van der Waals surface area contributed by atoms with Crippen LogP contribution < -0.4 is 10.6 Å². The lowest BCUT2D eigenvalue weighted by Gasteiger charge is -2.07. The van der Waals surface area contributed by atoms with E-state index in [9.17, 15) is 9.18 Å². The number of halogens is 1. The average molecular weight is 319 g/mol. The zero-order valence-electron chi connectivity index (χ0n) is 12.7. The molecule has 7 nitrogen and oxygen atoms in total.